The number of imidazole rings is 1. The Bertz CT molecular complexity index is 948. The second kappa shape index (κ2) is 7.26. The number of amides is 1. The first-order chi connectivity index (χ1) is 12.8. The lowest BCUT2D eigenvalue weighted by Crippen LogP contribution is -2.28. The zero-order valence-electron chi connectivity index (χ0n) is 14.8. The first kappa shape index (κ1) is 18.7. The van der Waals surface area contributed by atoms with Gasteiger partial charge in [0.2, 0.25) is 5.82 Å². The average molecular weight is 377 g/mol. The molecule has 0 unspecified atom stereocenters. The molecule has 27 heavy (non-hydrogen) atoms. The molecule has 2 heterocycles. The van der Waals surface area contributed by atoms with E-state index in [4.69, 9.17) is 0 Å². The minimum absolute atomic E-state index is 0.0133. The van der Waals surface area contributed by atoms with Gasteiger partial charge in [-0.25, -0.2) is 9.97 Å². The molecular formula is C18H18F3N5O. The van der Waals surface area contributed by atoms with Crippen molar-refractivity contribution >= 4 is 22.8 Å². The summed E-state index contributed by atoms with van der Waals surface area (Å²) in [6, 6.07) is 9.92. The highest BCUT2D eigenvalue weighted by Crippen LogP contribution is 2.30. The van der Waals surface area contributed by atoms with Crippen molar-refractivity contribution in [2.75, 3.05) is 25.5 Å². The van der Waals surface area contributed by atoms with Gasteiger partial charge < -0.3 is 14.8 Å². The van der Waals surface area contributed by atoms with E-state index in [0.717, 1.165) is 10.3 Å². The summed E-state index contributed by atoms with van der Waals surface area (Å²) in [6.07, 6.45) is -3.20. The van der Waals surface area contributed by atoms with E-state index in [1.54, 1.807) is 24.3 Å². The van der Waals surface area contributed by atoms with Gasteiger partial charge in [0.05, 0.1) is 0 Å². The molecule has 6 nitrogen and oxygen atoms in total. The van der Waals surface area contributed by atoms with Crippen LogP contribution < -0.4 is 10.2 Å². The third-order valence-corrected chi connectivity index (χ3v) is 4.02. The summed E-state index contributed by atoms with van der Waals surface area (Å²) in [7, 11) is 3.77. The first-order valence-electron chi connectivity index (χ1n) is 8.21. The molecular weight excluding hydrogens is 359 g/mol. The Labute approximate surface area is 153 Å². The van der Waals surface area contributed by atoms with Crippen LogP contribution in [0.2, 0.25) is 0 Å². The Balaban J connectivity index is 1.72. The van der Waals surface area contributed by atoms with E-state index in [0.29, 0.717) is 5.56 Å². The molecule has 0 saturated heterocycles. The quantitative estimate of drug-likeness (QED) is 0.743. The number of rotatable bonds is 5. The molecule has 9 heteroatoms. The zero-order valence-corrected chi connectivity index (χ0v) is 14.8. The van der Waals surface area contributed by atoms with E-state index in [9.17, 15) is 18.0 Å². The molecule has 1 amide bonds. The summed E-state index contributed by atoms with van der Waals surface area (Å²) in [5, 5.41) is 2.63. The number of pyridine rings is 1. The van der Waals surface area contributed by atoms with Crippen molar-refractivity contribution in [3.63, 3.8) is 0 Å². The van der Waals surface area contributed by atoms with Crippen molar-refractivity contribution in [2.24, 2.45) is 0 Å². The fraction of sp³-hybridized carbons (Fsp3) is 0.278. The number of carbonyl (C=O) groups is 1. The highest BCUT2D eigenvalue weighted by Gasteiger charge is 2.37. The topological polar surface area (TPSA) is 63.1 Å². The van der Waals surface area contributed by atoms with Crippen LogP contribution in [0.1, 0.15) is 16.2 Å². The minimum Gasteiger partial charge on any atom is -0.378 e. The number of anilines is 1. The van der Waals surface area contributed by atoms with Crippen LogP contribution in [0.4, 0.5) is 18.9 Å². The van der Waals surface area contributed by atoms with Gasteiger partial charge in [0.15, 0.2) is 5.65 Å². The molecule has 0 atom stereocenters. The van der Waals surface area contributed by atoms with E-state index in [2.05, 4.69) is 15.3 Å². The van der Waals surface area contributed by atoms with Gasteiger partial charge >= 0.3 is 6.18 Å². The Morgan fingerprint density at radius 1 is 1.19 bits per heavy atom. The predicted octanol–water partition coefficient (Wildman–Crippen LogP) is 2.95. The Morgan fingerprint density at radius 2 is 1.89 bits per heavy atom. The highest BCUT2D eigenvalue weighted by molar-refractivity contribution is 5.94. The standard InChI is InChI=1S/C18H18F3N5O/c1-25(2)13-7-5-12(6-8-13)16(27)23-10-11-26-15-14(4-3-9-22-15)24-17(26)18(19,20)21/h3-9H,10-11H2,1-2H3,(H,23,27). The summed E-state index contributed by atoms with van der Waals surface area (Å²) in [5.41, 5.74) is 1.67. The number of hydrogen-bond acceptors (Lipinski definition) is 4. The molecule has 0 fully saturated rings. The number of nitrogens with one attached hydrogen (secondary N) is 1. The van der Waals surface area contributed by atoms with Crippen molar-refractivity contribution < 1.29 is 18.0 Å². The molecule has 142 valence electrons. The van der Waals surface area contributed by atoms with Gasteiger partial charge in [-0.3, -0.25) is 4.79 Å². The molecule has 0 aliphatic carbocycles. The van der Waals surface area contributed by atoms with Crippen LogP contribution >= 0.6 is 0 Å². The Hall–Kier alpha value is -3.10. The molecule has 3 rings (SSSR count). The van der Waals surface area contributed by atoms with Crippen LogP contribution in [0.15, 0.2) is 42.6 Å². The number of nitrogens with zero attached hydrogens (tertiary/aromatic N) is 4. The SMILES string of the molecule is CN(C)c1ccc(C(=O)NCCn2c(C(F)(F)F)nc3cccnc32)cc1. The summed E-state index contributed by atoms with van der Waals surface area (Å²) >= 11 is 0. The van der Waals surface area contributed by atoms with Gasteiger partial charge in [0.1, 0.15) is 5.52 Å². The molecule has 2 aromatic heterocycles. The van der Waals surface area contributed by atoms with E-state index >= 15 is 0 Å². The van der Waals surface area contributed by atoms with Crippen LogP contribution in [-0.2, 0) is 12.7 Å². The van der Waals surface area contributed by atoms with Gasteiger partial charge in [0, 0.05) is 44.6 Å². The Kier molecular flexibility index (Phi) is 5.02. The van der Waals surface area contributed by atoms with Gasteiger partial charge in [0.25, 0.3) is 5.91 Å². The molecule has 1 aromatic carbocycles. The first-order valence-corrected chi connectivity index (χ1v) is 8.21. The summed E-state index contributed by atoms with van der Waals surface area (Å²) in [5.74, 6) is -1.38. The number of aromatic nitrogens is 3. The second-order valence-corrected chi connectivity index (χ2v) is 6.13. The van der Waals surface area contributed by atoms with Crippen molar-refractivity contribution in [1.29, 1.82) is 0 Å². The number of hydrogen-bond donors (Lipinski definition) is 1. The van der Waals surface area contributed by atoms with Gasteiger partial charge in [-0.05, 0) is 36.4 Å². The fourth-order valence-electron chi connectivity index (χ4n) is 2.68. The van der Waals surface area contributed by atoms with Gasteiger partial charge in [-0.1, -0.05) is 0 Å². The lowest BCUT2D eigenvalue weighted by atomic mass is 10.2. The molecule has 0 saturated carbocycles. The third-order valence-electron chi connectivity index (χ3n) is 4.02. The van der Waals surface area contributed by atoms with Gasteiger partial charge in [-0.2, -0.15) is 13.2 Å². The van der Waals surface area contributed by atoms with Crippen molar-refractivity contribution in [3.05, 3.63) is 54.0 Å². The van der Waals surface area contributed by atoms with Crippen molar-refractivity contribution in [2.45, 2.75) is 12.7 Å². The lowest BCUT2D eigenvalue weighted by Gasteiger charge is -2.13. The minimum atomic E-state index is -4.60. The molecule has 1 N–H and O–H groups in total. The number of benzene rings is 1. The smallest absolute Gasteiger partial charge is 0.378 e. The van der Waals surface area contributed by atoms with E-state index in [1.807, 2.05) is 19.0 Å². The second-order valence-electron chi connectivity index (χ2n) is 6.13. The third kappa shape index (κ3) is 4.02. The summed E-state index contributed by atoms with van der Waals surface area (Å²) in [6.45, 7) is -0.0801. The highest BCUT2D eigenvalue weighted by atomic mass is 19.4. The van der Waals surface area contributed by atoms with E-state index in [1.165, 1.54) is 18.3 Å². The predicted molar refractivity (Wildman–Crippen MR) is 95.6 cm³/mol. The van der Waals surface area contributed by atoms with E-state index < -0.39 is 12.0 Å². The van der Waals surface area contributed by atoms with Crippen LogP contribution in [0.5, 0.6) is 0 Å². The molecule has 0 aliphatic rings. The van der Waals surface area contributed by atoms with Crippen LogP contribution in [0.25, 0.3) is 11.2 Å². The van der Waals surface area contributed by atoms with Crippen molar-refractivity contribution in [1.82, 2.24) is 19.9 Å². The summed E-state index contributed by atoms with van der Waals surface area (Å²) < 4.78 is 40.7. The fourth-order valence-corrected chi connectivity index (χ4v) is 2.68. The monoisotopic (exact) mass is 377 g/mol. The number of alkyl halides is 3. The van der Waals surface area contributed by atoms with Crippen LogP contribution in [-0.4, -0.2) is 41.1 Å². The molecule has 3 aromatic rings. The average Bonchev–Trinajstić information content (AvgIpc) is 3.01. The maximum absolute atomic E-state index is 13.2. The number of carbonyl (C=O) groups excluding carboxylic acids is 1. The number of halogens is 3. The molecule has 0 spiro atoms. The molecule has 0 radical (unpaired) electrons. The van der Waals surface area contributed by atoms with Gasteiger partial charge in [-0.15, -0.1) is 0 Å². The normalized spacial score (nSPS) is 11.6. The largest absolute Gasteiger partial charge is 0.449 e. The maximum Gasteiger partial charge on any atom is 0.449 e. The van der Waals surface area contributed by atoms with Crippen LogP contribution in [0, 0.1) is 0 Å². The zero-order chi connectivity index (χ0) is 19.6. The van der Waals surface area contributed by atoms with Crippen molar-refractivity contribution in [3.8, 4) is 0 Å². The van der Waals surface area contributed by atoms with Crippen LogP contribution in [0.3, 0.4) is 0 Å². The molecule has 0 aliphatic heterocycles. The Morgan fingerprint density at radius 3 is 2.52 bits per heavy atom. The maximum atomic E-state index is 13.2. The lowest BCUT2D eigenvalue weighted by molar-refractivity contribution is -0.146. The number of fused-ring (bicyclic) bond motifs is 1. The van der Waals surface area contributed by atoms with E-state index in [-0.39, 0.29) is 30.2 Å². The summed E-state index contributed by atoms with van der Waals surface area (Å²) in [4.78, 5) is 21.7. The molecule has 0 bridgehead atoms.